The maximum absolute atomic E-state index is 12.8. The number of nitrogens with two attached hydrogens (primary N) is 1. The van der Waals surface area contributed by atoms with Gasteiger partial charge >= 0.3 is 0 Å². The Kier molecular flexibility index (Phi) is 9.60. The van der Waals surface area contributed by atoms with Crippen LogP contribution in [0.2, 0.25) is 5.02 Å². The van der Waals surface area contributed by atoms with E-state index in [0.29, 0.717) is 41.0 Å². The molecule has 3 rings (SSSR count). The van der Waals surface area contributed by atoms with Gasteiger partial charge in [-0.1, -0.05) is 44.7 Å². The summed E-state index contributed by atoms with van der Waals surface area (Å²) in [6.45, 7) is 1.45. The zero-order valence-corrected chi connectivity index (χ0v) is 18.7. The molecular formula is C22H33ClN2O3S. The maximum atomic E-state index is 12.8. The van der Waals surface area contributed by atoms with Crippen LogP contribution in [0.3, 0.4) is 0 Å². The summed E-state index contributed by atoms with van der Waals surface area (Å²) in [7, 11) is 0. The van der Waals surface area contributed by atoms with E-state index in [1.165, 1.54) is 44.9 Å². The van der Waals surface area contributed by atoms with Crippen molar-refractivity contribution in [2.75, 3.05) is 31.2 Å². The summed E-state index contributed by atoms with van der Waals surface area (Å²) in [6, 6.07) is 5.08. The van der Waals surface area contributed by atoms with E-state index in [-0.39, 0.29) is 18.7 Å². The molecule has 2 aliphatic carbocycles. The first-order chi connectivity index (χ1) is 13.5. The molecule has 2 saturated carbocycles. The van der Waals surface area contributed by atoms with Crippen LogP contribution in [-0.2, 0) is 11.2 Å². The third-order valence-corrected chi connectivity index (χ3v) is 7.73. The van der Waals surface area contributed by atoms with Crippen LogP contribution in [-0.4, -0.2) is 41.7 Å². The summed E-state index contributed by atoms with van der Waals surface area (Å²) in [5, 5.41) is 3.55. The molecule has 0 saturated heterocycles. The molecule has 2 aliphatic rings. The van der Waals surface area contributed by atoms with Gasteiger partial charge in [0, 0.05) is 13.1 Å². The third kappa shape index (κ3) is 6.78. The Bertz CT molecular complexity index is 663. The molecule has 1 atom stereocenters. The van der Waals surface area contributed by atoms with Crippen LogP contribution in [0.25, 0.3) is 0 Å². The summed E-state index contributed by atoms with van der Waals surface area (Å²) < 4.78 is 17.3. The maximum Gasteiger partial charge on any atom is 0.252 e. The lowest BCUT2D eigenvalue weighted by Gasteiger charge is -2.45. The van der Waals surface area contributed by atoms with Crippen LogP contribution < -0.4 is 15.8 Å². The first-order valence-corrected chi connectivity index (χ1v) is 12.1. The van der Waals surface area contributed by atoms with Crippen LogP contribution in [0.1, 0.15) is 55.3 Å². The molecule has 2 radical (unpaired) electrons. The van der Waals surface area contributed by atoms with E-state index in [4.69, 9.17) is 22.1 Å². The highest BCUT2D eigenvalue weighted by atomic mass is 35.5. The number of benzene rings is 1. The molecule has 162 valence electrons. The fraction of sp³-hybridized carbons (Fsp3) is 0.636. The molecule has 1 aromatic carbocycles. The Hall–Kier alpha value is -0.950. The Labute approximate surface area is 183 Å². The fourth-order valence-electron chi connectivity index (χ4n) is 4.69. The molecule has 5 nitrogen and oxygen atoms in total. The van der Waals surface area contributed by atoms with Gasteiger partial charge in [-0.05, 0) is 60.0 Å². The lowest BCUT2D eigenvalue weighted by atomic mass is 9.62. The standard InChI is InChI=1S/C21H31ClN2O3S.CH2/c22-19-6-5-17(27-10-12-28(26)11-9-23)13-18(19)20(25)24-15-21-7-1-3-16(14-21)4-2-8-21;/h5-6,13,16H,1-4,7-12,14-15,23H2,(H,24,25);1H2. The number of hydrogen-bond acceptors (Lipinski definition) is 4. The number of nitrogens with one attached hydrogen (secondary N) is 1. The highest BCUT2D eigenvalue weighted by Crippen LogP contribution is 2.48. The summed E-state index contributed by atoms with van der Waals surface area (Å²) in [4.78, 5) is 12.8. The zero-order chi connectivity index (χ0) is 20.0. The van der Waals surface area contributed by atoms with E-state index in [9.17, 15) is 9.35 Å². The number of halogens is 1. The van der Waals surface area contributed by atoms with Crippen LogP contribution in [0.5, 0.6) is 5.75 Å². The molecule has 1 unspecified atom stereocenters. The van der Waals surface area contributed by atoms with Gasteiger partial charge in [0.05, 0.1) is 10.6 Å². The molecule has 0 aromatic heterocycles. The molecule has 2 bridgehead atoms. The molecule has 0 spiro atoms. The number of amides is 1. The Balaban J connectivity index is 0.00000300. The predicted octanol–water partition coefficient (Wildman–Crippen LogP) is 3.84. The van der Waals surface area contributed by atoms with Crippen molar-refractivity contribution in [3.8, 4) is 5.75 Å². The molecular weight excluding hydrogens is 408 g/mol. The summed E-state index contributed by atoms with van der Waals surface area (Å²) in [6.07, 6.45) is 8.89. The van der Waals surface area contributed by atoms with Crippen molar-refractivity contribution < 1.29 is 14.1 Å². The van der Waals surface area contributed by atoms with E-state index in [2.05, 4.69) is 5.32 Å². The summed E-state index contributed by atoms with van der Waals surface area (Å²) in [5.74, 6) is 2.15. The lowest BCUT2D eigenvalue weighted by Crippen LogP contribution is -2.43. The number of fused-ring (bicyclic) bond motifs is 2. The second kappa shape index (κ2) is 11.4. The quantitative estimate of drug-likeness (QED) is 0.571. The van der Waals surface area contributed by atoms with E-state index < -0.39 is 11.2 Å². The van der Waals surface area contributed by atoms with Gasteiger partial charge in [-0.25, -0.2) is 0 Å². The SMILES string of the molecule is NCC[S+]([O-])CCOc1ccc(Cl)c(C(=O)NCC23CCCC(CCC2)C3)c1.[CH2]. The van der Waals surface area contributed by atoms with Gasteiger partial charge in [0.15, 0.2) is 0 Å². The Morgan fingerprint density at radius 2 is 2.03 bits per heavy atom. The lowest BCUT2D eigenvalue weighted by molar-refractivity contribution is 0.0681. The van der Waals surface area contributed by atoms with Crippen LogP contribution in [0.15, 0.2) is 18.2 Å². The van der Waals surface area contributed by atoms with E-state index in [0.717, 1.165) is 12.5 Å². The van der Waals surface area contributed by atoms with Gasteiger partial charge < -0.3 is 20.3 Å². The first-order valence-electron chi connectivity index (χ1n) is 10.3. The monoisotopic (exact) mass is 440 g/mol. The number of ether oxygens (including phenoxy) is 1. The average molecular weight is 441 g/mol. The van der Waals surface area contributed by atoms with Gasteiger partial charge in [-0.2, -0.15) is 0 Å². The number of carbonyl (C=O) groups is 1. The average Bonchev–Trinajstić information content (AvgIpc) is 2.68. The molecule has 3 N–H and O–H groups in total. The van der Waals surface area contributed by atoms with Crippen LogP contribution in [0, 0.1) is 18.8 Å². The highest BCUT2D eigenvalue weighted by Gasteiger charge is 2.39. The first kappa shape index (κ1) is 24.3. The zero-order valence-electron chi connectivity index (χ0n) is 17.1. The molecule has 1 amide bonds. The summed E-state index contributed by atoms with van der Waals surface area (Å²) in [5.41, 5.74) is 6.10. The van der Waals surface area contributed by atoms with Crippen molar-refractivity contribution in [3.63, 3.8) is 0 Å². The highest BCUT2D eigenvalue weighted by molar-refractivity contribution is 7.91. The largest absolute Gasteiger partial charge is 0.616 e. The van der Waals surface area contributed by atoms with Crippen molar-refractivity contribution >= 4 is 28.7 Å². The molecule has 0 aliphatic heterocycles. The van der Waals surface area contributed by atoms with E-state index in [1.54, 1.807) is 18.2 Å². The molecule has 29 heavy (non-hydrogen) atoms. The van der Waals surface area contributed by atoms with Crippen molar-refractivity contribution in [2.45, 2.75) is 44.9 Å². The van der Waals surface area contributed by atoms with Gasteiger partial charge in [0.25, 0.3) is 5.91 Å². The minimum absolute atomic E-state index is 0. The van der Waals surface area contributed by atoms with Crippen molar-refractivity contribution in [1.82, 2.24) is 5.32 Å². The predicted molar refractivity (Wildman–Crippen MR) is 120 cm³/mol. The van der Waals surface area contributed by atoms with Crippen LogP contribution >= 0.6 is 11.6 Å². The van der Waals surface area contributed by atoms with Gasteiger partial charge in [0.2, 0.25) is 0 Å². The van der Waals surface area contributed by atoms with Gasteiger partial charge in [-0.15, -0.1) is 0 Å². The second-order valence-corrected chi connectivity index (χ2v) is 10.3. The Morgan fingerprint density at radius 3 is 2.72 bits per heavy atom. The second-order valence-electron chi connectivity index (χ2n) is 8.16. The van der Waals surface area contributed by atoms with Gasteiger partial charge in [-0.3, -0.25) is 4.79 Å². The number of carbonyl (C=O) groups excluding carboxylic acids is 1. The minimum atomic E-state index is -0.977. The van der Waals surface area contributed by atoms with Crippen molar-refractivity contribution in [3.05, 3.63) is 36.2 Å². The van der Waals surface area contributed by atoms with Gasteiger partial charge in [0.1, 0.15) is 23.9 Å². The normalized spacial score (nSPS) is 24.3. The molecule has 7 heteroatoms. The van der Waals surface area contributed by atoms with E-state index >= 15 is 0 Å². The van der Waals surface area contributed by atoms with Crippen molar-refractivity contribution in [2.24, 2.45) is 17.1 Å². The third-order valence-electron chi connectivity index (χ3n) is 6.09. The summed E-state index contributed by atoms with van der Waals surface area (Å²) >= 11 is 5.29. The number of rotatable bonds is 9. The number of hydrogen-bond donors (Lipinski definition) is 2. The topological polar surface area (TPSA) is 87.4 Å². The van der Waals surface area contributed by atoms with Crippen molar-refractivity contribution in [1.29, 1.82) is 0 Å². The van der Waals surface area contributed by atoms with Crippen LogP contribution in [0.4, 0.5) is 0 Å². The van der Waals surface area contributed by atoms with E-state index in [1.807, 2.05) is 0 Å². The minimum Gasteiger partial charge on any atom is -0.616 e. The Morgan fingerprint density at radius 1 is 1.31 bits per heavy atom. The molecule has 2 fully saturated rings. The molecule has 1 aromatic rings. The fourth-order valence-corrected chi connectivity index (χ4v) is 5.63. The molecule has 0 heterocycles. The smallest absolute Gasteiger partial charge is 0.252 e.